The van der Waals surface area contributed by atoms with Crippen LogP contribution >= 0.6 is 11.3 Å². The summed E-state index contributed by atoms with van der Waals surface area (Å²) in [6, 6.07) is 6.61. The van der Waals surface area contributed by atoms with E-state index < -0.39 is 17.7 Å². The number of aryl methyl sites for hydroxylation is 2. The van der Waals surface area contributed by atoms with Crippen LogP contribution in [0.3, 0.4) is 0 Å². The predicted molar refractivity (Wildman–Crippen MR) is 135 cm³/mol. The van der Waals surface area contributed by atoms with E-state index >= 15 is 0 Å². The minimum atomic E-state index is -0.703. The molecule has 1 aliphatic heterocycles. The van der Waals surface area contributed by atoms with Gasteiger partial charge >= 0.3 is 0 Å². The second kappa shape index (κ2) is 11.4. The highest BCUT2D eigenvalue weighted by Crippen LogP contribution is 2.41. The van der Waals surface area contributed by atoms with Gasteiger partial charge in [0.1, 0.15) is 12.4 Å². The maximum Gasteiger partial charge on any atom is 0.290 e. The number of ketones is 1. The third-order valence-corrected chi connectivity index (χ3v) is 7.04. The maximum atomic E-state index is 13.6. The highest BCUT2D eigenvalue weighted by molar-refractivity contribution is 7.14. The van der Waals surface area contributed by atoms with E-state index in [-0.39, 0.29) is 11.4 Å². The van der Waals surface area contributed by atoms with Gasteiger partial charge in [0, 0.05) is 6.54 Å². The lowest BCUT2D eigenvalue weighted by molar-refractivity contribution is -0.129. The number of carbonyl (C=O) groups excluding carboxylic acids is 2. The Hall–Kier alpha value is -2.97. The fourth-order valence-corrected chi connectivity index (χ4v) is 5.14. The van der Waals surface area contributed by atoms with Crippen molar-refractivity contribution in [2.75, 3.05) is 32.8 Å². The average molecular weight is 484 g/mol. The molecule has 0 saturated carbocycles. The lowest BCUT2D eigenvalue weighted by atomic mass is 9.95. The molecule has 1 amide bonds. The van der Waals surface area contributed by atoms with E-state index in [0.29, 0.717) is 35.0 Å². The summed E-state index contributed by atoms with van der Waals surface area (Å²) >= 11 is 1.27. The van der Waals surface area contributed by atoms with Crippen molar-refractivity contribution in [3.8, 4) is 5.75 Å². The molecule has 2 aromatic rings. The maximum absolute atomic E-state index is 13.6. The summed E-state index contributed by atoms with van der Waals surface area (Å²) < 4.78 is 5.69. The van der Waals surface area contributed by atoms with Crippen molar-refractivity contribution < 1.29 is 19.4 Å². The number of ether oxygens (including phenoxy) is 1. The van der Waals surface area contributed by atoms with Crippen LogP contribution in [0.4, 0.5) is 0 Å². The highest BCUT2D eigenvalue weighted by atomic mass is 32.1. The van der Waals surface area contributed by atoms with E-state index in [0.717, 1.165) is 31.1 Å². The number of hydrogen-bond donors (Lipinski definition) is 1. The normalized spacial score (nSPS) is 16.0. The number of rotatable bonds is 12. The third-order valence-electron chi connectivity index (χ3n) is 5.97. The van der Waals surface area contributed by atoms with Gasteiger partial charge in [-0.1, -0.05) is 38.6 Å². The SMILES string of the molecule is C=CCOc1cccc(C2C(C(=O)c3sc(C)nc3C)=C(O)C(=O)N2CCCN(CC)CC)c1. The minimum Gasteiger partial charge on any atom is -0.503 e. The topological polar surface area (TPSA) is 83.0 Å². The summed E-state index contributed by atoms with van der Waals surface area (Å²) in [4.78, 5) is 35.5. The first-order valence-corrected chi connectivity index (χ1v) is 12.4. The molecule has 0 spiro atoms. The van der Waals surface area contributed by atoms with Crippen molar-refractivity contribution in [2.24, 2.45) is 0 Å². The van der Waals surface area contributed by atoms with Crippen molar-refractivity contribution in [1.29, 1.82) is 0 Å². The lowest BCUT2D eigenvalue weighted by Gasteiger charge is -2.28. The molecule has 0 aliphatic carbocycles. The predicted octanol–water partition coefficient (Wildman–Crippen LogP) is 4.63. The van der Waals surface area contributed by atoms with Crippen LogP contribution in [0.5, 0.6) is 5.75 Å². The summed E-state index contributed by atoms with van der Waals surface area (Å²) in [6.45, 7) is 14.9. The second-order valence-corrected chi connectivity index (χ2v) is 9.40. The standard InChI is InChI=1S/C26H33N3O4S/c1-6-15-33-20-12-9-11-19(16-20)22-21(23(30)25-17(4)27-18(5)34-25)24(31)26(32)29(22)14-10-13-28(7-2)8-3/h6,9,11-12,16,22,31H,1,7-8,10,13-15H2,2-5H3. The molecule has 1 unspecified atom stereocenters. The molecule has 34 heavy (non-hydrogen) atoms. The van der Waals surface area contributed by atoms with Gasteiger partial charge in [-0.3, -0.25) is 9.59 Å². The van der Waals surface area contributed by atoms with Gasteiger partial charge in [0.15, 0.2) is 5.76 Å². The van der Waals surface area contributed by atoms with Crippen LogP contribution in [0, 0.1) is 13.8 Å². The molecule has 8 heteroatoms. The fraction of sp³-hybridized carbons (Fsp3) is 0.423. The van der Waals surface area contributed by atoms with E-state index in [1.54, 1.807) is 17.9 Å². The Balaban J connectivity index is 2.00. The number of amides is 1. The van der Waals surface area contributed by atoms with Crippen LogP contribution in [-0.2, 0) is 4.79 Å². The smallest absolute Gasteiger partial charge is 0.290 e. The van der Waals surface area contributed by atoms with Gasteiger partial charge < -0.3 is 19.6 Å². The van der Waals surface area contributed by atoms with E-state index in [9.17, 15) is 14.7 Å². The van der Waals surface area contributed by atoms with Crippen LogP contribution in [0.1, 0.15) is 52.2 Å². The summed E-state index contributed by atoms with van der Waals surface area (Å²) in [5, 5.41) is 11.7. The number of thiazole rings is 1. The molecule has 0 fully saturated rings. The monoisotopic (exact) mass is 483 g/mol. The quantitative estimate of drug-likeness (QED) is 0.350. The Morgan fingerprint density at radius 3 is 2.68 bits per heavy atom. The Bertz CT molecular complexity index is 1090. The highest BCUT2D eigenvalue weighted by Gasteiger charge is 2.44. The molecule has 7 nitrogen and oxygen atoms in total. The van der Waals surface area contributed by atoms with Gasteiger partial charge in [0.2, 0.25) is 5.78 Å². The second-order valence-electron chi connectivity index (χ2n) is 8.19. The molecule has 182 valence electrons. The molecule has 0 radical (unpaired) electrons. The minimum absolute atomic E-state index is 0.0976. The number of aliphatic hydroxyl groups excluding tert-OH is 1. The number of Topliss-reactive ketones (excluding diaryl/α,β-unsaturated/α-hetero) is 1. The molecule has 1 atom stereocenters. The van der Waals surface area contributed by atoms with Crippen LogP contribution in [0.2, 0.25) is 0 Å². The fourth-order valence-electron chi connectivity index (χ4n) is 4.26. The Morgan fingerprint density at radius 1 is 1.32 bits per heavy atom. The van der Waals surface area contributed by atoms with Crippen LogP contribution in [-0.4, -0.2) is 64.4 Å². The number of hydrogen-bond acceptors (Lipinski definition) is 7. The zero-order chi connectivity index (χ0) is 24.8. The number of nitrogens with zero attached hydrogens (tertiary/aromatic N) is 3. The van der Waals surface area contributed by atoms with Gasteiger partial charge in [-0.2, -0.15) is 0 Å². The van der Waals surface area contributed by atoms with Crippen molar-refractivity contribution in [2.45, 2.75) is 40.2 Å². The molecule has 1 aromatic heterocycles. The summed E-state index contributed by atoms with van der Waals surface area (Å²) in [7, 11) is 0. The number of aromatic nitrogens is 1. The summed E-state index contributed by atoms with van der Waals surface area (Å²) in [5.41, 5.74) is 1.41. The molecular weight excluding hydrogens is 450 g/mol. The first kappa shape index (κ1) is 25.6. The molecule has 2 heterocycles. The molecular formula is C26H33N3O4S. The van der Waals surface area contributed by atoms with E-state index in [1.165, 1.54) is 11.3 Å². The zero-order valence-corrected chi connectivity index (χ0v) is 21.2. The van der Waals surface area contributed by atoms with E-state index in [4.69, 9.17) is 4.74 Å². The molecule has 1 aromatic carbocycles. The Morgan fingerprint density at radius 2 is 2.06 bits per heavy atom. The summed E-state index contributed by atoms with van der Waals surface area (Å²) in [6.07, 6.45) is 2.38. The number of carbonyl (C=O) groups is 2. The van der Waals surface area contributed by atoms with Gasteiger partial charge in [-0.15, -0.1) is 11.3 Å². The van der Waals surface area contributed by atoms with E-state index in [1.807, 2.05) is 31.2 Å². The Kier molecular flexibility index (Phi) is 8.63. The molecule has 3 rings (SSSR count). The first-order chi connectivity index (χ1) is 16.3. The van der Waals surface area contributed by atoms with Gasteiger partial charge in [0.05, 0.1) is 27.2 Å². The van der Waals surface area contributed by atoms with Crippen molar-refractivity contribution in [1.82, 2.24) is 14.8 Å². The Labute approximate surface area is 205 Å². The molecule has 0 bridgehead atoms. The van der Waals surface area contributed by atoms with Crippen molar-refractivity contribution in [3.05, 3.63) is 69.4 Å². The third kappa shape index (κ3) is 5.39. The molecule has 1 aliphatic rings. The van der Waals surface area contributed by atoms with Crippen LogP contribution in [0.15, 0.2) is 48.3 Å². The van der Waals surface area contributed by atoms with Crippen molar-refractivity contribution >= 4 is 23.0 Å². The molecule has 1 N–H and O–H groups in total. The largest absolute Gasteiger partial charge is 0.503 e. The van der Waals surface area contributed by atoms with E-state index in [2.05, 4.69) is 30.3 Å². The van der Waals surface area contributed by atoms with Gasteiger partial charge in [0.25, 0.3) is 5.91 Å². The molecule has 0 saturated heterocycles. The van der Waals surface area contributed by atoms with Gasteiger partial charge in [-0.25, -0.2) is 4.98 Å². The summed E-state index contributed by atoms with van der Waals surface area (Å²) in [5.74, 6) is -0.761. The first-order valence-electron chi connectivity index (χ1n) is 11.6. The van der Waals surface area contributed by atoms with Crippen LogP contribution in [0.25, 0.3) is 0 Å². The average Bonchev–Trinajstić information content (AvgIpc) is 3.30. The van der Waals surface area contributed by atoms with Crippen molar-refractivity contribution in [3.63, 3.8) is 0 Å². The number of benzene rings is 1. The number of aliphatic hydroxyl groups is 1. The zero-order valence-electron chi connectivity index (χ0n) is 20.3. The van der Waals surface area contributed by atoms with Gasteiger partial charge in [-0.05, 0) is 57.6 Å². The van der Waals surface area contributed by atoms with Crippen LogP contribution < -0.4 is 4.74 Å². The lowest BCUT2D eigenvalue weighted by Crippen LogP contribution is -2.34.